The van der Waals surface area contributed by atoms with Crippen molar-refractivity contribution >= 4 is 61.3 Å². The Morgan fingerprint density at radius 2 is 1.53 bits per heavy atom. The zero-order valence-corrected chi connectivity index (χ0v) is 23.9. The summed E-state index contributed by atoms with van der Waals surface area (Å²) in [6, 6.07) is 9.06. The highest BCUT2D eigenvalue weighted by Crippen LogP contribution is 2.49. The Morgan fingerprint density at radius 3 is 2.20 bits per heavy atom. The van der Waals surface area contributed by atoms with Crippen LogP contribution in [0.1, 0.15) is 26.9 Å². The molecule has 8 N–H and O–H groups in total. The Hall–Kier alpha value is -4.77. The van der Waals surface area contributed by atoms with Crippen molar-refractivity contribution in [3.8, 4) is 11.5 Å². The van der Waals surface area contributed by atoms with E-state index in [9.17, 15) is 45.0 Å². The summed E-state index contributed by atoms with van der Waals surface area (Å²) in [6.45, 7) is -0.840. The molecule has 4 heterocycles. The molecule has 5 atom stereocenters. The summed E-state index contributed by atoms with van der Waals surface area (Å²) in [4.78, 5) is 45.6. The number of aliphatic hydroxyl groups is 4. The first kappa shape index (κ1) is 29.0. The highest BCUT2D eigenvalue weighted by Gasteiger charge is 2.47. The molecular formula is C30H29N5O10. The van der Waals surface area contributed by atoms with Gasteiger partial charge in [0.15, 0.2) is 6.23 Å². The minimum Gasteiger partial charge on any atom is -0.506 e. The summed E-state index contributed by atoms with van der Waals surface area (Å²) in [7, 11) is 3.29. The van der Waals surface area contributed by atoms with Gasteiger partial charge in [-0.3, -0.25) is 19.8 Å². The molecule has 2 aliphatic rings. The Kier molecular flexibility index (Phi) is 6.52. The van der Waals surface area contributed by atoms with Crippen LogP contribution < -0.4 is 5.43 Å². The van der Waals surface area contributed by atoms with Crippen molar-refractivity contribution in [2.75, 3.05) is 27.2 Å². The number of aliphatic hydroxyl groups excluding tert-OH is 4. The van der Waals surface area contributed by atoms with Crippen molar-refractivity contribution < 1.29 is 49.8 Å². The van der Waals surface area contributed by atoms with Gasteiger partial charge in [0, 0.05) is 21.5 Å². The number of H-pyrrole nitrogens is 1. The summed E-state index contributed by atoms with van der Waals surface area (Å²) in [5.74, 6) is -2.79. The number of imide groups is 1. The number of aromatic amines is 1. The van der Waals surface area contributed by atoms with E-state index in [2.05, 4.69) is 10.4 Å². The van der Waals surface area contributed by atoms with Crippen LogP contribution in [0, 0.1) is 0 Å². The molecule has 0 radical (unpaired) electrons. The maximum Gasteiger partial charge on any atom is 0.281 e. The number of aromatic hydroxyl groups is 2. The van der Waals surface area contributed by atoms with Gasteiger partial charge in [0.25, 0.3) is 17.7 Å². The number of hydrogen-bond acceptors (Lipinski definition) is 11. The fourth-order valence-corrected chi connectivity index (χ4v) is 6.58. The second-order valence-corrected chi connectivity index (χ2v) is 11.5. The first-order valence-electron chi connectivity index (χ1n) is 14.0. The van der Waals surface area contributed by atoms with E-state index in [-0.39, 0.29) is 67.4 Å². The summed E-state index contributed by atoms with van der Waals surface area (Å²) in [5.41, 5.74) is 2.81. The van der Waals surface area contributed by atoms with Crippen LogP contribution >= 0.6 is 0 Å². The molecule has 3 amide bonds. The van der Waals surface area contributed by atoms with Gasteiger partial charge in [-0.05, 0) is 26.2 Å². The minimum atomic E-state index is -1.79. The lowest BCUT2D eigenvalue weighted by molar-refractivity contribution is -0.249. The van der Waals surface area contributed by atoms with E-state index in [4.69, 9.17) is 4.74 Å². The Balaban J connectivity index is 1.63. The standard InChI is InChI=1S/C30H29N5O10/c1-33(2)9-16(39)32-35-28(43)19-17-11-5-3-7-13(37)21(11)31-22(17)24-18(20(19)29(35)44)12-6-4-8-14(38)23(12)34(24)30-27(42)26(41)25(40)15(10-36)45-30/h3-8,15,25-27,30-31,36-38,40-42H,9-10H2,1-2H3,(H,32,39)/t15-,25-,26+,27-,30-/m1/s1. The molecule has 15 nitrogen and oxygen atoms in total. The molecule has 0 aliphatic carbocycles. The lowest BCUT2D eigenvalue weighted by Gasteiger charge is -2.41. The average molecular weight is 620 g/mol. The predicted octanol–water partition coefficient (Wildman–Crippen LogP) is 0.00140. The number of hydrogen-bond donors (Lipinski definition) is 8. The first-order valence-corrected chi connectivity index (χ1v) is 14.0. The van der Waals surface area contributed by atoms with Gasteiger partial charge in [-0.2, -0.15) is 5.01 Å². The fraction of sp³-hybridized carbons (Fsp3) is 0.300. The van der Waals surface area contributed by atoms with Crippen LogP contribution in [0.15, 0.2) is 36.4 Å². The molecule has 0 bridgehead atoms. The van der Waals surface area contributed by atoms with Crippen molar-refractivity contribution in [3.05, 3.63) is 47.5 Å². The van der Waals surface area contributed by atoms with Gasteiger partial charge in [-0.1, -0.05) is 24.3 Å². The number of carbonyl (C=O) groups is 3. The number of likely N-dealkylation sites (N-methyl/N-ethyl adjacent to an activating group) is 1. The second kappa shape index (κ2) is 10.1. The number of aromatic nitrogens is 2. The second-order valence-electron chi connectivity index (χ2n) is 11.5. The molecular weight excluding hydrogens is 590 g/mol. The highest BCUT2D eigenvalue weighted by molar-refractivity contribution is 6.39. The molecule has 0 spiro atoms. The van der Waals surface area contributed by atoms with Crippen molar-refractivity contribution in [1.82, 2.24) is 24.9 Å². The van der Waals surface area contributed by atoms with E-state index in [0.717, 1.165) is 0 Å². The summed E-state index contributed by atoms with van der Waals surface area (Å²) >= 11 is 0. The molecule has 1 fully saturated rings. The number of amides is 3. The van der Waals surface area contributed by atoms with Crippen LogP contribution in [0.5, 0.6) is 11.5 Å². The van der Waals surface area contributed by atoms with Crippen molar-refractivity contribution in [1.29, 1.82) is 0 Å². The van der Waals surface area contributed by atoms with Crippen molar-refractivity contribution in [3.63, 3.8) is 0 Å². The Labute approximate surface area is 253 Å². The summed E-state index contributed by atoms with van der Waals surface area (Å²) < 4.78 is 7.26. The zero-order chi connectivity index (χ0) is 32.1. The van der Waals surface area contributed by atoms with Crippen LogP contribution in [0.25, 0.3) is 43.6 Å². The van der Waals surface area contributed by atoms with Gasteiger partial charge in [0.05, 0.1) is 46.3 Å². The predicted molar refractivity (Wildman–Crippen MR) is 158 cm³/mol. The third-order valence-electron chi connectivity index (χ3n) is 8.45. The molecule has 15 heteroatoms. The lowest BCUT2D eigenvalue weighted by Crippen LogP contribution is -2.56. The molecule has 2 aliphatic heterocycles. The number of phenols is 2. The molecule has 2 aromatic heterocycles. The Morgan fingerprint density at radius 1 is 0.889 bits per heavy atom. The largest absolute Gasteiger partial charge is 0.506 e. The molecule has 7 rings (SSSR count). The van der Waals surface area contributed by atoms with Crippen LogP contribution in [-0.4, -0.2) is 119 Å². The minimum absolute atomic E-state index is 0.0461. The monoisotopic (exact) mass is 619 g/mol. The molecule has 0 unspecified atom stereocenters. The van der Waals surface area contributed by atoms with Crippen LogP contribution in [0.2, 0.25) is 0 Å². The fourth-order valence-electron chi connectivity index (χ4n) is 6.58. The van der Waals surface area contributed by atoms with Gasteiger partial charge in [-0.25, -0.2) is 0 Å². The number of nitrogens with one attached hydrogen (secondary N) is 2. The van der Waals surface area contributed by atoms with E-state index in [0.29, 0.717) is 10.4 Å². The number of benzene rings is 3. The number of hydrazine groups is 1. The normalized spacial score (nSPS) is 23.7. The summed E-state index contributed by atoms with van der Waals surface area (Å²) in [5, 5.41) is 65.9. The van der Waals surface area contributed by atoms with E-state index >= 15 is 0 Å². The molecule has 1 saturated heterocycles. The molecule has 5 aromatic rings. The molecule has 3 aromatic carbocycles. The van der Waals surface area contributed by atoms with Crippen molar-refractivity contribution in [2.45, 2.75) is 30.6 Å². The van der Waals surface area contributed by atoms with E-state index in [1.165, 1.54) is 22.8 Å². The third kappa shape index (κ3) is 3.96. The number of nitrogens with zero attached hydrogens (tertiary/aromatic N) is 3. The third-order valence-corrected chi connectivity index (χ3v) is 8.45. The number of para-hydroxylation sites is 2. The maximum absolute atomic E-state index is 14.1. The van der Waals surface area contributed by atoms with E-state index in [1.54, 1.807) is 37.2 Å². The molecule has 45 heavy (non-hydrogen) atoms. The topological polar surface area (TPSA) is 221 Å². The number of phenolic OH excluding ortho intramolecular Hbond substituents is 2. The van der Waals surface area contributed by atoms with Crippen LogP contribution in [-0.2, 0) is 9.53 Å². The highest BCUT2D eigenvalue weighted by atomic mass is 16.6. The summed E-state index contributed by atoms with van der Waals surface area (Å²) in [6.07, 6.45) is -8.08. The number of ether oxygens (including phenoxy) is 1. The molecule has 234 valence electrons. The van der Waals surface area contributed by atoms with Crippen molar-refractivity contribution in [2.24, 2.45) is 0 Å². The average Bonchev–Trinajstić information content (AvgIpc) is 3.62. The van der Waals surface area contributed by atoms with Crippen LogP contribution in [0.3, 0.4) is 0 Å². The lowest BCUT2D eigenvalue weighted by atomic mass is 9.96. The maximum atomic E-state index is 14.1. The van der Waals surface area contributed by atoms with Gasteiger partial charge < -0.3 is 49.8 Å². The van der Waals surface area contributed by atoms with E-state index < -0.39 is 55.0 Å². The number of carbonyl (C=O) groups excluding carboxylic acids is 3. The van der Waals surface area contributed by atoms with Gasteiger partial charge >= 0.3 is 0 Å². The smallest absolute Gasteiger partial charge is 0.281 e. The first-order chi connectivity index (χ1) is 21.5. The zero-order valence-electron chi connectivity index (χ0n) is 23.9. The van der Waals surface area contributed by atoms with Crippen LogP contribution in [0.4, 0.5) is 0 Å². The Bertz CT molecular complexity index is 2080. The number of fused-ring (bicyclic) bond motifs is 10. The van der Waals surface area contributed by atoms with Gasteiger partial charge in [0.1, 0.15) is 35.9 Å². The molecule has 0 saturated carbocycles. The van der Waals surface area contributed by atoms with Gasteiger partial charge in [-0.15, -0.1) is 0 Å². The number of rotatable bonds is 5. The SMILES string of the molecule is CN(C)CC(=O)NN1C(=O)c2c(c3c4cccc(O)c4n([C@@H]4O[C@H](CO)[C@@H](O)[C@H](O)[C@H]4O)c3c3[nH]c4c(O)cccc4c23)C1=O. The van der Waals surface area contributed by atoms with E-state index in [1.807, 2.05) is 0 Å². The quantitative estimate of drug-likeness (QED) is 0.122. The van der Waals surface area contributed by atoms with Gasteiger partial charge in [0.2, 0.25) is 0 Å².